The zero-order valence-corrected chi connectivity index (χ0v) is 7.25. The van der Waals surface area contributed by atoms with Crippen LogP contribution in [0.1, 0.15) is 6.42 Å². The van der Waals surface area contributed by atoms with Gasteiger partial charge in [0.05, 0.1) is 6.61 Å². The Balaban J connectivity index is 2.54. The van der Waals surface area contributed by atoms with Crippen molar-refractivity contribution in [2.24, 2.45) is 0 Å². The third-order valence-electron chi connectivity index (χ3n) is 1.78. The van der Waals surface area contributed by atoms with Gasteiger partial charge in [0.1, 0.15) is 0 Å². The van der Waals surface area contributed by atoms with E-state index in [1.807, 2.05) is 6.08 Å². The predicted molar refractivity (Wildman–Crippen MR) is 46.5 cm³/mol. The van der Waals surface area contributed by atoms with Gasteiger partial charge in [0.15, 0.2) is 0 Å². The van der Waals surface area contributed by atoms with E-state index in [2.05, 4.69) is 6.58 Å². The molecule has 0 atom stereocenters. The van der Waals surface area contributed by atoms with Gasteiger partial charge in [-0.2, -0.15) is 0 Å². The topological polar surface area (TPSA) is 29.5 Å². The molecule has 0 N–H and O–H groups in total. The quantitative estimate of drug-likeness (QED) is 0.626. The van der Waals surface area contributed by atoms with Crippen molar-refractivity contribution in [3.05, 3.63) is 24.4 Å². The first-order valence-electron chi connectivity index (χ1n) is 3.90. The number of hydrogen-bond acceptors (Lipinski definition) is 2. The van der Waals surface area contributed by atoms with Crippen LogP contribution in [-0.2, 0) is 9.53 Å². The molecule has 1 aliphatic rings. The van der Waals surface area contributed by atoms with Gasteiger partial charge < -0.3 is 9.64 Å². The van der Waals surface area contributed by atoms with Gasteiger partial charge in [-0.3, -0.25) is 4.79 Å². The van der Waals surface area contributed by atoms with Crippen LogP contribution in [-0.4, -0.2) is 31.1 Å². The van der Waals surface area contributed by atoms with Crippen molar-refractivity contribution in [3.8, 4) is 0 Å². The summed E-state index contributed by atoms with van der Waals surface area (Å²) in [6.45, 7) is 4.95. The molecule has 0 aromatic heterocycles. The Kier molecular flexibility index (Phi) is 3.05. The lowest BCUT2D eigenvalue weighted by atomic mass is 10.2. The number of ether oxygens (including phenoxy) is 1. The summed E-state index contributed by atoms with van der Waals surface area (Å²) < 4.78 is 4.88. The summed E-state index contributed by atoms with van der Waals surface area (Å²) in [7, 11) is 1.62. The molecular weight excluding hydrogens is 154 g/mol. The highest BCUT2D eigenvalue weighted by Crippen LogP contribution is 2.13. The van der Waals surface area contributed by atoms with Crippen LogP contribution >= 0.6 is 0 Å². The molecule has 12 heavy (non-hydrogen) atoms. The van der Waals surface area contributed by atoms with E-state index < -0.39 is 0 Å². The van der Waals surface area contributed by atoms with Crippen molar-refractivity contribution >= 4 is 5.91 Å². The van der Waals surface area contributed by atoms with Crippen molar-refractivity contribution in [3.63, 3.8) is 0 Å². The smallest absolute Gasteiger partial charge is 0.250 e. The van der Waals surface area contributed by atoms with E-state index in [1.54, 1.807) is 18.1 Å². The Morgan fingerprint density at radius 2 is 2.50 bits per heavy atom. The number of rotatable bonds is 3. The molecule has 1 heterocycles. The maximum atomic E-state index is 11.2. The first kappa shape index (κ1) is 9.00. The van der Waals surface area contributed by atoms with Crippen molar-refractivity contribution in [1.29, 1.82) is 0 Å². The second kappa shape index (κ2) is 4.07. The highest BCUT2D eigenvalue weighted by molar-refractivity contribution is 5.90. The van der Waals surface area contributed by atoms with Crippen molar-refractivity contribution in [2.75, 3.05) is 20.3 Å². The molecule has 0 fully saturated rings. The SMILES string of the molecule is C=C1CC=CC(=O)N1CCOC. The maximum absolute atomic E-state index is 11.2. The van der Waals surface area contributed by atoms with Crippen LogP contribution in [0.25, 0.3) is 0 Å². The molecule has 0 bridgehead atoms. The van der Waals surface area contributed by atoms with Gasteiger partial charge in [-0.25, -0.2) is 0 Å². The summed E-state index contributed by atoms with van der Waals surface area (Å²) in [4.78, 5) is 12.9. The fraction of sp³-hybridized carbons (Fsp3) is 0.444. The molecule has 1 rings (SSSR count). The lowest BCUT2D eigenvalue weighted by Crippen LogP contribution is -2.33. The van der Waals surface area contributed by atoms with E-state index >= 15 is 0 Å². The van der Waals surface area contributed by atoms with Gasteiger partial charge in [0.25, 0.3) is 0 Å². The molecule has 0 aliphatic carbocycles. The molecule has 3 nitrogen and oxygen atoms in total. The van der Waals surface area contributed by atoms with Crippen LogP contribution in [0.2, 0.25) is 0 Å². The Bertz CT molecular complexity index is 221. The van der Waals surface area contributed by atoms with E-state index in [9.17, 15) is 4.79 Å². The molecule has 1 amide bonds. The summed E-state index contributed by atoms with van der Waals surface area (Å²) in [6.07, 6.45) is 4.16. The van der Waals surface area contributed by atoms with Crippen LogP contribution in [0.15, 0.2) is 24.4 Å². The van der Waals surface area contributed by atoms with E-state index in [4.69, 9.17) is 4.74 Å². The Labute approximate surface area is 72.3 Å². The van der Waals surface area contributed by atoms with Crippen molar-refractivity contribution < 1.29 is 9.53 Å². The zero-order chi connectivity index (χ0) is 8.97. The number of carbonyl (C=O) groups is 1. The molecular formula is C9H13NO2. The molecule has 0 saturated heterocycles. The van der Waals surface area contributed by atoms with Crippen LogP contribution in [0.3, 0.4) is 0 Å². The number of amides is 1. The second-order valence-electron chi connectivity index (χ2n) is 2.66. The van der Waals surface area contributed by atoms with Crippen LogP contribution in [0, 0.1) is 0 Å². The van der Waals surface area contributed by atoms with E-state index in [1.165, 1.54) is 0 Å². The van der Waals surface area contributed by atoms with Crippen LogP contribution in [0.4, 0.5) is 0 Å². The standard InChI is InChI=1S/C9H13NO2/c1-8-4-3-5-9(11)10(8)6-7-12-2/h3,5H,1,4,6-7H2,2H3. The minimum absolute atomic E-state index is 0.00306. The summed E-state index contributed by atoms with van der Waals surface area (Å²) in [5.74, 6) is 0.00306. The number of carbonyl (C=O) groups excluding carboxylic acids is 1. The molecule has 3 heteroatoms. The van der Waals surface area contributed by atoms with E-state index in [0.717, 1.165) is 12.1 Å². The molecule has 0 spiro atoms. The third-order valence-corrected chi connectivity index (χ3v) is 1.78. The Hall–Kier alpha value is -1.09. The van der Waals surface area contributed by atoms with Gasteiger partial charge in [0.2, 0.25) is 5.91 Å². The normalized spacial score (nSPS) is 17.2. The molecule has 1 aliphatic heterocycles. The largest absolute Gasteiger partial charge is 0.383 e. The first-order chi connectivity index (χ1) is 5.75. The Morgan fingerprint density at radius 1 is 1.75 bits per heavy atom. The third kappa shape index (κ3) is 1.95. The Morgan fingerprint density at radius 3 is 3.08 bits per heavy atom. The lowest BCUT2D eigenvalue weighted by molar-refractivity contribution is -0.125. The molecule has 0 radical (unpaired) electrons. The van der Waals surface area contributed by atoms with Gasteiger partial charge >= 0.3 is 0 Å². The number of methoxy groups -OCH3 is 1. The minimum atomic E-state index is 0.00306. The average molecular weight is 167 g/mol. The zero-order valence-electron chi connectivity index (χ0n) is 7.25. The van der Waals surface area contributed by atoms with Gasteiger partial charge in [-0.05, 0) is 6.08 Å². The fourth-order valence-electron chi connectivity index (χ4n) is 1.10. The van der Waals surface area contributed by atoms with E-state index in [-0.39, 0.29) is 5.91 Å². The van der Waals surface area contributed by atoms with Crippen LogP contribution in [0.5, 0.6) is 0 Å². The van der Waals surface area contributed by atoms with Crippen LogP contribution < -0.4 is 0 Å². The summed E-state index contributed by atoms with van der Waals surface area (Å²) in [6, 6.07) is 0. The second-order valence-corrected chi connectivity index (χ2v) is 2.66. The molecule has 0 saturated carbocycles. The van der Waals surface area contributed by atoms with Gasteiger partial charge in [-0.15, -0.1) is 0 Å². The van der Waals surface area contributed by atoms with Crippen molar-refractivity contribution in [2.45, 2.75) is 6.42 Å². The van der Waals surface area contributed by atoms with Gasteiger partial charge in [-0.1, -0.05) is 12.7 Å². The highest BCUT2D eigenvalue weighted by Gasteiger charge is 2.16. The number of hydrogen-bond donors (Lipinski definition) is 0. The maximum Gasteiger partial charge on any atom is 0.250 e. The molecule has 0 unspecified atom stereocenters. The van der Waals surface area contributed by atoms with E-state index in [0.29, 0.717) is 13.2 Å². The fourth-order valence-corrected chi connectivity index (χ4v) is 1.10. The van der Waals surface area contributed by atoms with Gasteiger partial charge in [0, 0.05) is 25.8 Å². The average Bonchev–Trinajstić information content (AvgIpc) is 2.04. The molecule has 0 aromatic rings. The highest BCUT2D eigenvalue weighted by atomic mass is 16.5. The molecule has 0 aromatic carbocycles. The molecule has 66 valence electrons. The summed E-state index contributed by atoms with van der Waals surface area (Å²) in [5.41, 5.74) is 0.847. The number of allylic oxidation sites excluding steroid dienone is 1. The minimum Gasteiger partial charge on any atom is -0.383 e. The summed E-state index contributed by atoms with van der Waals surface area (Å²) in [5, 5.41) is 0. The number of nitrogens with zero attached hydrogens (tertiary/aromatic N) is 1. The first-order valence-corrected chi connectivity index (χ1v) is 3.90. The monoisotopic (exact) mass is 167 g/mol. The van der Waals surface area contributed by atoms with Crippen molar-refractivity contribution in [1.82, 2.24) is 4.90 Å². The summed E-state index contributed by atoms with van der Waals surface area (Å²) >= 11 is 0. The lowest BCUT2D eigenvalue weighted by Gasteiger charge is -2.25. The predicted octanol–water partition coefficient (Wildman–Crippen LogP) is 0.935.